The van der Waals surface area contributed by atoms with Gasteiger partial charge in [0.25, 0.3) is 0 Å². The van der Waals surface area contributed by atoms with Crippen molar-refractivity contribution in [3.63, 3.8) is 0 Å². The number of carbonyl (C=O) groups is 1. The highest BCUT2D eigenvalue weighted by molar-refractivity contribution is 5.83. The Balaban J connectivity index is 1.39. The summed E-state index contributed by atoms with van der Waals surface area (Å²) in [6.45, 7) is 1.91. The maximum absolute atomic E-state index is 12.4. The largest absolute Gasteiger partial charge is 0.508 e. The first-order valence-corrected chi connectivity index (χ1v) is 14.5. The number of H-pyrrole nitrogens is 1. The summed E-state index contributed by atoms with van der Waals surface area (Å²) in [4.78, 5) is 15.6. The molecule has 0 amide bonds. The molecule has 43 heavy (non-hydrogen) atoms. The molecule has 0 radical (unpaired) electrons. The van der Waals surface area contributed by atoms with Crippen molar-refractivity contribution in [2.24, 2.45) is 11.5 Å². The molecule has 0 fully saturated rings. The van der Waals surface area contributed by atoms with Crippen LogP contribution in [0.2, 0.25) is 0 Å². The van der Waals surface area contributed by atoms with E-state index in [9.17, 15) is 30.3 Å². The van der Waals surface area contributed by atoms with Crippen molar-refractivity contribution in [2.45, 2.75) is 83.6 Å². The second-order valence-corrected chi connectivity index (χ2v) is 11.1. The number of rotatable bonds is 16. The van der Waals surface area contributed by atoms with Crippen LogP contribution in [0.5, 0.6) is 17.2 Å². The van der Waals surface area contributed by atoms with Crippen LogP contribution >= 0.6 is 0 Å². The number of fused-ring (bicyclic) bond motifs is 1. The van der Waals surface area contributed by atoms with Crippen molar-refractivity contribution >= 4 is 16.7 Å². The summed E-state index contributed by atoms with van der Waals surface area (Å²) in [6.07, 6.45) is 5.82. The molecule has 232 valence electrons. The maximum Gasteiger partial charge on any atom is 0.165 e. The lowest BCUT2D eigenvalue weighted by Gasteiger charge is -2.15. The Labute approximate surface area is 250 Å². The van der Waals surface area contributed by atoms with Gasteiger partial charge in [-0.2, -0.15) is 0 Å². The molecular formula is C32H42N4O7. The number of phenolic OH excluding ortho intramolecular Hbond substituents is 2. The molecule has 10 N–H and O–H groups in total. The Bertz CT molecular complexity index is 1530. The van der Waals surface area contributed by atoms with E-state index in [2.05, 4.69) is 4.98 Å². The van der Waals surface area contributed by atoms with E-state index in [0.717, 1.165) is 39.6 Å². The molecule has 0 bridgehead atoms. The number of nitrogens with zero attached hydrogens (tertiary/aromatic N) is 1. The van der Waals surface area contributed by atoms with Gasteiger partial charge in [-0.3, -0.25) is 4.79 Å². The number of phenols is 2. The zero-order valence-corrected chi connectivity index (χ0v) is 24.4. The Morgan fingerprint density at radius 3 is 2.51 bits per heavy atom. The summed E-state index contributed by atoms with van der Waals surface area (Å²) >= 11 is 0. The number of ether oxygens (including phenoxy) is 1. The first-order chi connectivity index (χ1) is 20.6. The van der Waals surface area contributed by atoms with E-state index in [1.807, 2.05) is 48.3 Å². The van der Waals surface area contributed by atoms with Crippen molar-refractivity contribution in [3.05, 3.63) is 76.7 Å². The number of carbonyl (C=O) groups excluding carboxylic acids is 1. The van der Waals surface area contributed by atoms with E-state index in [1.54, 1.807) is 0 Å². The highest BCUT2D eigenvalue weighted by Gasteiger charge is 2.17. The third-order valence-corrected chi connectivity index (χ3v) is 7.63. The van der Waals surface area contributed by atoms with Crippen LogP contribution in [-0.2, 0) is 31.0 Å². The summed E-state index contributed by atoms with van der Waals surface area (Å²) in [5, 5.41) is 51.4. The van der Waals surface area contributed by atoms with Gasteiger partial charge in [0.1, 0.15) is 11.5 Å². The number of hydrogen-bond donors (Lipinski definition) is 8. The van der Waals surface area contributed by atoms with Gasteiger partial charge in [-0.1, -0.05) is 31.5 Å². The molecule has 0 aliphatic rings. The number of benzene rings is 2. The van der Waals surface area contributed by atoms with Crippen LogP contribution < -0.4 is 16.2 Å². The lowest BCUT2D eigenvalue weighted by atomic mass is 9.97. The van der Waals surface area contributed by atoms with Gasteiger partial charge in [-0.15, -0.1) is 0 Å². The average molecular weight is 595 g/mol. The van der Waals surface area contributed by atoms with Gasteiger partial charge < -0.3 is 51.3 Å². The lowest BCUT2D eigenvalue weighted by molar-refractivity contribution is -0.121. The predicted molar refractivity (Wildman–Crippen MR) is 162 cm³/mol. The van der Waals surface area contributed by atoms with Crippen molar-refractivity contribution in [2.75, 3.05) is 0 Å². The summed E-state index contributed by atoms with van der Waals surface area (Å²) in [6, 6.07) is 8.25. The second kappa shape index (κ2) is 14.5. The SMILES string of the molecule is CCCC(O)CC(O)CC(=O)CCc1cc(OCn2cc3[nH]cc(Cc4cc(C(N)N)ccc4CO)c3c2)c(O)cc1O. The molecule has 0 saturated carbocycles. The first kappa shape index (κ1) is 32.1. The fraction of sp³-hybridized carbons (Fsp3) is 0.406. The van der Waals surface area contributed by atoms with Crippen LogP contribution in [0.3, 0.4) is 0 Å². The number of nitrogens with one attached hydrogen (secondary N) is 1. The lowest BCUT2D eigenvalue weighted by Crippen LogP contribution is -2.20. The number of aromatic hydroxyl groups is 2. The summed E-state index contributed by atoms with van der Waals surface area (Å²) in [5.74, 6) is -0.422. The molecule has 2 unspecified atom stereocenters. The minimum absolute atomic E-state index is 0.0704. The van der Waals surface area contributed by atoms with Gasteiger partial charge in [0.2, 0.25) is 0 Å². The van der Waals surface area contributed by atoms with E-state index in [4.69, 9.17) is 16.2 Å². The molecule has 2 atom stereocenters. The van der Waals surface area contributed by atoms with Crippen LogP contribution in [0.25, 0.3) is 10.9 Å². The maximum atomic E-state index is 12.4. The quantitative estimate of drug-likeness (QED) is 0.0897. The van der Waals surface area contributed by atoms with Crippen LogP contribution in [0.1, 0.15) is 73.0 Å². The van der Waals surface area contributed by atoms with Crippen LogP contribution in [0.4, 0.5) is 0 Å². The van der Waals surface area contributed by atoms with Gasteiger partial charge >= 0.3 is 0 Å². The van der Waals surface area contributed by atoms with E-state index < -0.39 is 18.4 Å². The fourth-order valence-corrected chi connectivity index (χ4v) is 5.27. The molecule has 4 aromatic rings. The van der Waals surface area contributed by atoms with Crippen molar-refractivity contribution in [1.29, 1.82) is 0 Å². The van der Waals surface area contributed by atoms with Gasteiger partial charge in [-0.25, -0.2) is 0 Å². The highest BCUT2D eigenvalue weighted by Crippen LogP contribution is 2.34. The number of aromatic nitrogens is 2. The zero-order valence-electron chi connectivity index (χ0n) is 24.4. The molecule has 11 heteroatoms. The number of ketones is 1. The second-order valence-electron chi connectivity index (χ2n) is 11.1. The standard InChI is InChI=1S/C32H42N4O7/c1-2-3-24(38)11-26(40)12-25(39)7-6-19-10-31(30(42)13-29(19)41)43-18-36-15-27-23(14-35-28(27)16-36)9-22-8-20(32(33)34)4-5-21(22)17-37/h4-5,8,10,13-16,24,26,32,35,37-38,40-42H,2-3,6-7,9,11-12,17-18,33-34H2,1H3. The van der Waals surface area contributed by atoms with E-state index >= 15 is 0 Å². The molecule has 11 nitrogen and oxygen atoms in total. The third kappa shape index (κ3) is 8.37. The van der Waals surface area contributed by atoms with Crippen LogP contribution in [0.15, 0.2) is 48.9 Å². The topological polar surface area (TPSA) is 200 Å². The predicted octanol–water partition coefficient (Wildman–Crippen LogP) is 3.22. The minimum Gasteiger partial charge on any atom is -0.508 e. The number of Topliss-reactive ketones (excluding diaryl/α,β-unsaturated/α-hetero) is 1. The molecule has 2 aromatic carbocycles. The van der Waals surface area contributed by atoms with Gasteiger partial charge in [0.05, 0.1) is 30.5 Å². The first-order valence-electron chi connectivity index (χ1n) is 14.5. The number of aryl methyl sites for hydroxylation is 1. The van der Waals surface area contributed by atoms with Gasteiger partial charge in [0.15, 0.2) is 18.2 Å². The number of hydrogen-bond acceptors (Lipinski definition) is 9. The Morgan fingerprint density at radius 1 is 1.00 bits per heavy atom. The highest BCUT2D eigenvalue weighted by atomic mass is 16.5. The number of aliphatic hydroxyl groups is 3. The summed E-state index contributed by atoms with van der Waals surface area (Å²) in [7, 11) is 0. The molecule has 4 rings (SSSR count). The minimum atomic E-state index is -0.916. The molecule has 0 saturated heterocycles. The normalized spacial score (nSPS) is 13.1. The van der Waals surface area contributed by atoms with Crippen LogP contribution in [0, 0.1) is 0 Å². The number of nitrogens with two attached hydrogens (primary N) is 2. The van der Waals surface area contributed by atoms with Gasteiger partial charge in [0, 0.05) is 42.9 Å². The number of aromatic amines is 1. The average Bonchev–Trinajstić information content (AvgIpc) is 3.53. The fourth-order valence-electron chi connectivity index (χ4n) is 5.27. The number of aliphatic hydroxyl groups excluding tert-OH is 3. The molecule has 0 aliphatic carbocycles. The Kier molecular flexibility index (Phi) is 10.8. The zero-order chi connectivity index (χ0) is 31.1. The molecular weight excluding hydrogens is 552 g/mol. The van der Waals surface area contributed by atoms with Crippen LogP contribution in [-0.4, -0.2) is 53.1 Å². The van der Waals surface area contributed by atoms with E-state index in [0.29, 0.717) is 18.4 Å². The molecule has 2 heterocycles. The van der Waals surface area contributed by atoms with Gasteiger partial charge in [-0.05, 0) is 59.6 Å². The molecule has 0 aliphatic heterocycles. The smallest absolute Gasteiger partial charge is 0.165 e. The molecule has 0 spiro atoms. The van der Waals surface area contributed by atoms with Crippen molar-refractivity contribution < 1.29 is 35.1 Å². The Morgan fingerprint density at radius 2 is 1.79 bits per heavy atom. The van der Waals surface area contributed by atoms with Crippen molar-refractivity contribution in [1.82, 2.24) is 9.55 Å². The Hall–Kier alpha value is -3.87. The molecule has 2 aromatic heterocycles. The summed E-state index contributed by atoms with van der Waals surface area (Å²) < 4.78 is 7.68. The monoisotopic (exact) mass is 594 g/mol. The third-order valence-electron chi connectivity index (χ3n) is 7.63. The van der Waals surface area contributed by atoms with E-state index in [-0.39, 0.29) is 62.1 Å². The summed E-state index contributed by atoms with van der Waals surface area (Å²) in [5.41, 5.74) is 16.5. The van der Waals surface area contributed by atoms with Crippen molar-refractivity contribution in [3.8, 4) is 17.2 Å². The van der Waals surface area contributed by atoms with E-state index in [1.165, 1.54) is 12.1 Å².